The number of rotatable bonds is 7. The van der Waals surface area contributed by atoms with Crippen LogP contribution in [0.25, 0.3) is 0 Å². The molecule has 15 heavy (non-hydrogen) atoms. The van der Waals surface area contributed by atoms with E-state index >= 15 is 0 Å². The van der Waals surface area contributed by atoms with Crippen LogP contribution in [0.3, 0.4) is 0 Å². The summed E-state index contributed by atoms with van der Waals surface area (Å²) >= 11 is 1.62. The third-order valence-electron chi connectivity index (χ3n) is 2.02. The van der Waals surface area contributed by atoms with Crippen LogP contribution in [-0.2, 0) is 6.54 Å². The van der Waals surface area contributed by atoms with Crippen molar-refractivity contribution in [3.05, 3.63) is 10.5 Å². The second-order valence-electron chi connectivity index (χ2n) is 3.11. The van der Waals surface area contributed by atoms with E-state index in [0.717, 1.165) is 30.4 Å². The topological polar surface area (TPSA) is 62.7 Å². The van der Waals surface area contributed by atoms with Crippen LogP contribution in [0.5, 0.6) is 0 Å². The minimum absolute atomic E-state index is 0.119. The first-order valence-corrected chi connectivity index (χ1v) is 6.26. The van der Waals surface area contributed by atoms with Crippen LogP contribution in [0.15, 0.2) is 9.95 Å². The molecule has 0 aromatic carbocycles. The van der Waals surface area contributed by atoms with E-state index in [1.807, 2.05) is 6.92 Å². The normalized spacial score (nSPS) is 10.8. The number of thioether (sulfide) groups is 1. The fourth-order valence-electron chi connectivity index (χ4n) is 1.23. The SMILES string of the molecule is CCNCCCSc1n[nH]c(=O)n1CC. The molecule has 0 aliphatic carbocycles. The average molecular weight is 230 g/mol. The van der Waals surface area contributed by atoms with Crippen LogP contribution in [0, 0.1) is 0 Å². The number of hydrogen-bond acceptors (Lipinski definition) is 4. The molecule has 86 valence electrons. The lowest BCUT2D eigenvalue weighted by Gasteiger charge is -2.02. The van der Waals surface area contributed by atoms with E-state index in [2.05, 4.69) is 22.4 Å². The molecule has 0 bridgehead atoms. The summed E-state index contributed by atoms with van der Waals surface area (Å²) in [6.45, 7) is 6.73. The Morgan fingerprint density at radius 1 is 1.53 bits per heavy atom. The van der Waals surface area contributed by atoms with E-state index in [-0.39, 0.29) is 5.69 Å². The third kappa shape index (κ3) is 3.71. The Bertz CT molecular complexity index is 333. The van der Waals surface area contributed by atoms with Gasteiger partial charge in [0, 0.05) is 12.3 Å². The molecule has 0 saturated heterocycles. The smallest absolute Gasteiger partial charge is 0.317 e. The van der Waals surface area contributed by atoms with Gasteiger partial charge in [-0.2, -0.15) is 0 Å². The Balaban J connectivity index is 2.34. The van der Waals surface area contributed by atoms with Crippen molar-refractivity contribution in [1.29, 1.82) is 0 Å². The van der Waals surface area contributed by atoms with E-state index in [9.17, 15) is 4.79 Å². The van der Waals surface area contributed by atoms with Crippen molar-refractivity contribution in [2.75, 3.05) is 18.8 Å². The molecule has 6 heteroatoms. The second kappa shape index (κ2) is 6.68. The molecular weight excluding hydrogens is 212 g/mol. The summed E-state index contributed by atoms with van der Waals surface area (Å²) in [6, 6.07) is 0. The first kappa shape index (κ1) is 12.3. The lowest BCUT2D eigenvalue weighted by molar-refractivity contribution is 0.658. The van der Waals surface area contributed by atoms with Gasteiger partial charge in [0.1, 0.15) is 0 Å². The van der Waals surface area contributed by atoms with Gasteiger partial charge in [0.05, 0.1) is 0 Å². The van der Waals surface area contributed by atoms with Gasteiger partial charge < -0.3 is 5.32 Å². The number of aromatic nitrogens is 3. The number of H-pyrrole nitrogens is 1. The van der Waals surface area contributed by atoms with Gasteiger partial charge >= 0.3 is 5.69 Å². The molecule has 0 atom stereocenters. The highest BCUT2D eigenvalue weighted by Gasteiger charge is 2.05. The lowest BCUT2D eigenvalue weighted by Crippen LogP contribution is -2.16. The van der Waals surface area contributed by atoms with Gasteiger partial charge in [-0.15, -0.1) is 5.10 Å². The molecular formula is C9H18N4OS. The lowest BCUT2D eigenvalue weighted by atomic mass is 10.5. The minimum atomic E-state index is -0.119. The Hall–Kier alpha value is -0.750. The van der Waals surface area contributed by atoms with Crippen LogP contribution in [-0.4, -0.2) is 33.6 Å². The number of hydrogen-bond donors (Lipinski definition) is 2. The first-order chi connectivity index (χ1) is 7.29. The molecule has 0 radical (unpaired) electrons. The standard InChI is InChI=1S/C9H18N4OS/c1-3-10-6-5-7-15-9-12-11-8(14)13(9)4-2/h10H,3-7H2,1-2H3,(H,11,14). The summed E-state index contributed by atoms with van der Waals surface area (Å²) in [6.07, 6.45) is 1.09. The molecule has 0 amide bonds. The summed E-state index contributed by atoms with van der Waals surface area (Å²) < 4.78 is 1.65. The molecule has 0 aliphatic heterocycles. The van der Waals surface area contributed by atoms with Crippen molar-refractivity contribution in [2.45, 2.75) is 32.0 Å². The fraction of sp³-hybridized carbons (Fsp3) is 0.778. The van der Waals surface area contributed by atoms with Crippen molar-refractivity contribution in [3.63, 3.8) is 0 Å². The van der Waals surface area contributed by atoms with E-state index in [4.69, 9.17) is 0 Å². The summed E-state index contributed by atoms with van der Waals surface area (Å²) in [5.74, 6) is 0.983. The zero-order valence-corrected chi connectivity index (χ0v) is 10.1. The summed E-state index contributed by atoms with van der Waals surface area (Å²) in [5.41, 5.74) is -0.119. The Kier molecular flexibility index (Phi) is 5.49. The highest BCUT2D eigenvalue weighted by Crippen LogP contribution is 2.13. The van der Waals surface area contributed by atoms with Gasteiger partial charge in [0.15, 0.2) is 5.16 Å². The van der Waals surface area contributed by atoms with Crippen molar-refractivity contribution < 1.29 is 0 Å². The molecule has 2 N–H and O–H groups in total. The molecule has 5 nitrogen and oxygen atoms in total. The summed E-state index contributed by atoms with van der Waals surface area (Å²) in [4.78, 5) is 11.2. The van der Waals surface area contributed by atoms with Crippen molar-refractivity contribution >= 4 is 11.8 Å². The number of nitrogens with one attached hydrogen (secondary N) is 2. The Labute approximate surface area is 93.6 Å². The molecule has 1 aromatic rings. The Morgan fingerprint density at radius 3 is 3.00 bits per heavy atom. The third-order valence-corrected chi connectivity index (χ3v) is 3.08. The van der Waals surface area contributed by atoms with E-state index in [0.29, 0.717) is 6.54 Å². The van der Waals surface area contributed by atoms with Gasteiger partial charge in [-0.3, -0.25) is 4.57 Å². The van der Waals surface area contributed by atoms with Crippen LogP contribution in [0.2, 0.25) is 0 Å². The van der Waals surface area contributed by atoms with Crippen LogP contribution in [0.4, 0.5) is 0 Å². The number of nitrogens with zero attached hydrogens (tertiary/aromatic N) is 2. The van der Waals surface area contributed by atoms with Crippen LogP contribution in [0.1, 0.15) is 20.3 Å². The second-order valence-corrected chi connectivity index (χ2v) is 4.17. The van der Waals surface area contributed by atoms with Crippen molar-refractivity contribution in [1.82, 2.24) is 20.1 Å². The summed E-state index contributed by atoms with van der Waals surface area (Å²) in [7, 11) is 0. The highest BCUT2D eigenvalue weighted by molar-refractivity contribution is 7.99. The van der Waals surface area contributed by atoms with Crippen LogP contribution < -0.4 is 11.0 Å². The van der Waals surface area contributed by atoms with Crippen molar-refractivity contribution in [3.8, 4) is 0 Å². The van der Waals surface area contributed by atoms with Gasteiger partial charge in [-0.25, -0.2) is 9.89 Å². The Morgan fingerprint density at radius 2 is 2.33 bits per heavy atom. The van der Waals surface area contributed by atoms with Crippen molar-refractivity contribution in [2.24, 2.45) is 0 Å². The maximum atomic E-state index is 11.2. The molecule has 1 rings (SSSR count). The first-order valence-electron chi connectivity index (χ1n) is 5.28. The fourth-order valence-corrected chi connectivity index (χ4v) is 2.18. The quantitative estimate of drug-likeness (QED) is 0.534. The highest BCUT2D eigenvalue weighted by atomic mass is 32.2. The zero-order chi connectivity index (χ0) is 11.1. The van der Waals surface area contributed by atoms with Gasteiger partial charge in [0.25, 0.3) is 0 Å². The van der Waals surface area contributed by atoms with E-state index in [1.165, 1.54) is 0 Å². The molecule has 0 saturated carbocycles. The molecule has 0 spiro atoms. The van der Waals surface area contributed by atoms with E-state index in [1.54, 1.807) is 16.3 Å². The molecule has 1 aromatic heterocycles. The predicted octanol–water partition coefficient (Wildman–Crippen LogP) is 0.683. The predicted molar refractivity (Wildman–Crippen MR) is 62.4 cm³/mol. The maximum absolute atomic E-state index is 11.2. The molecule has 0 aliphatic rings. The average Bonchev–Trinajstić information content (AvgIpc) is 2.59. The van der Waals surface area contributed by atoms with Gasteiger partial charge in [-0.1, -0.05) is 18.7 Å². The molecule has 0 unspecified atom stereocenters. The largest absolute Gasteiger partial charge is 0.343 e. The maximum Gasteiger partial charge on any atom is 0.343 e. The zero-order valence-electron chi connectivity index (χ0n) is 9.25. The van der Waals surface area contributed by atoms with Gasteiger partial charge in [-0.05, 0) is 26.4 Å². The minimum Gasteiger partial charge on any atom is -0.317 e. The molecule has 1 heterocycles. The monoisotopic (exact) mass is 230 g/mol. The summed E-state index contributed by atoms with van der Waals surface area (Å²) in [5, 5.41) is 10.5. The number of aromatic amines is 1. The van der Waals surface area contributed by atoms with E-state index < -0.39 is 0 Å². The van der Waals surface area contributed by atoms with Crippen LogP contribution >= 0.6 is 11.8 Å². The molecule has 0 fully saturated rings. The van der Waals surface area contributed by atoms with Gasteiger partial charge in [0.2, 0.25) is 0 Å².